The van der Waals surface area contributed by atoms with Gasteiger partial charge in [-0.05, 0) is 39.3 Å². The quantitative estimate of drug-likeness (QED) is 0.715. The highest BCUT2D eigenvalue weighted by atomic mass is 32.1. The maximum Gasteiger partial charge on any atom is 0.233 e. The van der Waals surface area contributed by atoms with E-state index in [-0.39, 0.29) is 5.91 Å². The molecule has 5 heteroatoms. The third-order valence-corrected chi connectivity index (χ3v) is 4.67. The molecule has 0 radical (unpaired) electrons. The van der Waals surface area contributed by atoms with Gasteiger partial charge in [0.1, 0.15) is 0 Å². The Balaban J connectivity index is 2.60. The number of rotatable bonds is 6. The number of likely N-dealkylation sites (tertiary alicyclic amines) is 1. The molecular formula is C13H25N3OS. The highest BCUT2D eigenvalue weighted by Gasteiger charge is 2.38. The fourth-order valence-corrected chi connectivity index (χ4v) is 3.03. The van der Waals surface area contributed by atoms with E-state index in [1.54, 1.807) is 0 Å². The largest absolute Gasteiger partial charge is 0.392 e. The van der Waals surface area contributed by atoms with Crippen LogP contribution < -0.4 is 11.1 Å². The van der Waals surface area contributed by atoms with Crippen LogP contribution in [0, 0.1) is 5.41 Å². The van der Waals surface area contributed by atoms with Crippen molar-refractivity contribution in [2.24, 2.45) is 11.1 Å². The van der Waals surface area contributed by atoms with Crippen LogP contribution in [-0.2, 0) is 4.79 Å². The molecule has 3 N–H and O–H groups in total. The van der Waals surface area contributed by atoms with Gasteiger partial charge in [0.15, 0.2) is 0 Å². The zero-order valence-electron chi connectivity index (χ0n) is 11.7. The van der Waals surface area contributed by atoms with Gasteiger partial charge in [-0.15, -0.1) is 0 Å². The average Bonchev–Trinajstić information content (AvgIpc) is 2.74. The zero-order valence-corrected chi connectivity index (χ0v) is 12.5. The van der Waals surface area contributed by atoms with Crippen LogP contribution in [0.15, 0.2) is 0 Å². The van der Waals surface area contributed by atoms with Crippen LogP contribution in [-0.4, -0.2) is 42.0 Å². The number of hydrogen-bond donors (Lipinski definition) is 2. The van der Waals surface area contributed by atoms with Gasteiger partial charge < -0.3 is 16.0 Å². The van der Waals surface area contributed by atoms with Gasteiger partial charge in [0.25, 0.3) is 0 Å². The highest BCUT2D eigenvalue weighted by Crippen LogP contribution is 2.27. The predicted octanol–water partition coefficient (Wildman–Crippen LogP) is 1.29. The minimum Gasteiger partial charge on any atom is -0.392 e. The van der Waals surface area contributed by atoms with Crippen LogP contribution >= 0.6 is 12.2 Å². The first-order valence-corrected chi connectivity index (χ1v) is 7.17. The van der Waals surface area contributed by atoms with Gasteiger partial charge in [0.2, 0.25) is 5.91 Å². The standard InChI is InChI=1S/C13H25N3OS/c1-4-13(5-2,11(14)18)12(17)15-9-10-7-6-8-16(10)3/h10H,4-9H2,1-3H3,(H2,14,18)(H,15,17). The number of thiocarbonyl (C=S) groups is 1. The summed E-state index contributed by atoms with van der Waals surface area (Å²) in [6.07, 6.45) is 3.67. The molecular weight excluding hydrogens is 246 g/mol. The number of nitrogens with zero attached hydrogens (tertiary/aromatic N) is 1. The summed E-state index contributed by atoms with van der Waals surface area (Å²) in [4.78, 5) is 14.9. The molecule has 1 heterocycles. The lowest BCUT2D eigenvalue weighted by Gasteiger charge is -2.30. The molecule has 1 rings (SSSR count). The number of carbonyl (C=O) groups is 1. The summed E-state index contributed by atoms with van der Waals surface area (Å²) < 4.78 is 0. The van der Waals surface area contributed by atoms with Gasteiger partial charge in [-0.1, -0.05) is 26.1 Å². The molecule has 1 unspecified atom stereocenters. The Kier molecular flexibility index (Phi) is 5.53. The molecule has 1 saturated heterocycles. The maximum absolute atomic E-state index is 12.3. The van der Waals surface area contributed by atoms with Gasteiger partial charge in [-0.3, -0.25) is 4.79 Å². The Morgan fingerprint density at radius 2 is 2.11 bits per heavy atom. The number of likely N-dealkylation sites (N-methyl/N-ethyl adjacent to an activating group) is 1. The van der Waals surface area contributed by atoms with Crippen molar-refractivity contribution >= 4 is 23.1 Å². The van der Waals surface area contributed by atoms with Crippen molar-refractivity contribution in [1.82, 2.24) is 10.2 Å². The van der Waals surface area contributed by atoms with E-state index in [0.29, 0.717) is 30.4 Å². The van der Waals surface area contributed by atoms with Crippen LogP contribution in [0.25, 0.3) is 0 Å². The molecule has 4 nitrogen and oxygen atoms in total. The Hall–Kier alpha value is -0.680. The monoisotopic (exact) mass is 271 g/mol. The second kappa shape index (κ2) is 6.48. The highest BCUT2D eigenvalue weighted by molar-refractivity contribution is 7.80. The minimum absolute atomic E-state index is 0.0136. The molecule has 0 aromatic rings. The molecule has 1 aliphatic rings. The predicted molar refractivity (Wildman–Crippen MR) is 78.5 cm³/mol. The summed E-state index contributed by atoms with van der Waals surface area (Å²) in [5.74, 6) is -0.0136. The number of carbonyl (C=O) groups excluding carboxylic acids is 1. The summed E-state index contributed by atoms with van der Waals surface area (Å²) >= 11 is 5.08. The summed E-state index contributed by atoms with van der Waals surface area (Å²) in [5.41, 5.74) is 5.09. The van der Waals surface area contributed by atoms with Gasteiger partial charge in [0.05, 0.1) is 10.4 Å². The average molecular weight is 271 g/mol. The molecule has 0 aromatic heterocycles. The topological polar surface area (TPSA) is 58.4 Å². The molecule has 0 saturated carbocycles. The second-order valence-corrected chi connectivity index (χ2v) is 5.58. The van der Waals surface area contributed by atoms with E-state index in [9.17, 15) is 4.79 Å². The van der Waals surface area contributed by atoms with E-state index in [1.165, 1.54) is 6.42 Å². The molecule has 1 fully saturated rings. The van der Waals surface area contributed by atoms with Crippen LogP contribution in [0.5, 0.6) is 0 Å². The normalized spacial score (nSPS) is 20.9. The number of nitrogens with two attached hydrogens (primary N) is 1. The Morgan fingerprint density at radius 1 is 1.50 bits per heavy atom. The second-order valence-electron chi connectivity index (χ2n) is 5.14. The third-order valence-electron chi connectivity index (χ3n) is 4.28. The fourth-order valence-electron chi connectivity index (χ4n) is 2.65. The first kappa shape index (κ1) is 15.4. The van der Waals surface area contributed by atoms with E-state index >= 15 is 0 Å². The summed E-state index contributed by atoms with van der Waals surface area (Å²) in [7, 11) is 2.10. The number of nitrogens with one attached hydrogen (secondary N) is 1. The molecule has 0 aliphatic carbocycles. The van der Waals surface area contributed by atoms with Gasteiger partial charge in [0, 0.05) is 12.6 Å². The van der Waals surface area contributed by atoms with E-state index in [1.807, 2.05) is 13.8 Å². The molecule has 104 valence electrons. The Labute approximate surface area is 115 Å². The first-order valence-electron chi connectivity index (χ1n) is 6.76. The summed E-state index contributed by atoms with van der Waals surface area (Å²) in [6, 6.07) is 0.451. The van der Waals surface area contributed by atoms with Crippen LogP contribution in [0.4, 0.5) is 0 Å². The van der Waals surface area contributed by atoms with E-state index < -0.39 is 5.41 Å². The summed E-state index contributed by atoms with van der Waals surface area (Å²) in [5, 5.41) is 3.03. The molecule has 0 spiro atoms. The molecule has 18 heavy (non-hydrogen) atoms. The zero-order chi connectivity index (χ0) is 13.8. The molecule has 0 bridgehead atoms. The molecule has 0 aromatic carbocycles. The van der Waals surface area contributed by atoms with Crippen molar-refractivity contribution in [2.45, 2.75) is 45.6 Å². The van der Waals surface area contributed by atoms with E-state index in [0.717, 1.165) is 13.0 Å². The first-order chi connectivity index (χ1) is 8.47. The van der Waals surface area contributed by atoms with Crippen molar-refractivity contribution in [3.63, 3.8) is 0 Å². The molecule has 1 amide bonds. The number of hydrogen-bond acceptors (Lipinski definition) is 3. The Bertz CT molecular complexity index is 315. The SMILES string of the molecule is CCC(CC)(C(=O)NCC1CCCN1C)C(N)=S. The number of amides is 1. The molecule has 1 atom stereocenters. The van der Waals surface area contributed by atoms with Gasteiger partial charge in [-0.2, -0.15) is 0 Å². The lowest BCUT2D eigenvalue weighted by molar-refractivity contribution is -0.128. The van der Waals surface area contributed by atoms with Gasteiger partial charge in [-0.25, -0.2) is 0 Å². The fraction of sp³-hybridized carbons (Fsp3) is 0.846. The smallest absolute Gasteiger partial charge is 0.233 e. The lowest BCUT2D eigenvalue weighted by Crippen LogP contribution is -2.50. The van der Waals surface area contributed by atoms with Crippen LogP contribution in [0.2, 0.25) is 0 Å². The molecule has 1 aliphatic heterocycles. The van der Waals surface area contributed by atoms with E-state index in [4.69, 9.17) is 18.0 Å². The Morgan fingerprint density at radius 3 is 2.50 bits per heavy atom. The minimum atomic E-state index is -0.674. The van der Waals surface area contributed by atoms with Crippen LogP contribution in [0.3, 0.4) is 0 Å². The van der Waals surface area contributed by atoms with Gasteiger partial charge >= 0.3 is 0 Å². The van der Waals surface area contributed by atoms with Crippen molar-refractivity contribution < 1.29 is 4.79 Å². The summed E-state index contributed by atoms with van der Waals surface area (Å²) in [6.45, 7) is 5.73. The van der Waals surface area contributed by atoms with Crippen LogP contribution in [0.1, 0.15) is 39.5 Å². The van der Waals surface area contributed by atoms with E-state index in [2.05, 4.69) is 17.3 Å². The van der Waals surface area contributed by atoms with Crippen molar-refractivity contribution in [3.8, 4) is 0 Å². The lowest BCUT2D eigenvalue weighted by atomic mass is 9.81. The third kappa shape index (κ3) is 3.01. The maximum atomic E-state index is 12.3. The van der Waals surface area contributed by atoms with Crippen molar-refractivity contribution in [1.29, 1.82) is 0 Å². The van der Waals surface area contributed by atoms with Crippen molar-refractivity contribution in [2.75, 3.05) is 20.1 Å². The van der Waals surface area contributed by atoms with Crippen molar-refractivity contribution in [3.05, 3.63) is 0 Å².